The number of hydrogen-bond acceptors (Lipinski definition) is 4. The molecular weight excluding hydrogens is 286 g/mol. The Bertz CT molecular complexity index is 533. The van der Waals surface area contributed by atoms with Crippen LogP contribution in [-0.2, 0) is 4.74 Å². The van der Waals surface area contributed by atoms with Gasteiger partial charge < -0.3 is 4.74 Å². The lowest BCUT2D eigenvalue weighted by molar-refractivity contribution is 0.142. The topological polar surface area (TPSA) is 37.2 Å². The van der Waals surface area contributed by atoms with Gasteiger partial charge in [0.15, 0.2) is 0 Å². The minimum atomic E-state index is 0.584. The lowest BCUT2D eigenvalue weighted by Gasteiger charge is -2.26. The van der Waals surface area contributed by atoms with E-state index in [1.54, 1.807) is 0 Å². The second-order valence-corrected chi connectivity index (χ2v) is 5.88. The lowest BCUT2D eigenvalue weighted by Crippen LogP contribution is -2.32. The molecule has 1 saturated heterocycles. The maximum Gasteiger partial charge on any atom is 0.238 e. The largest absolute Gasteiger partial charge is 0.475 e. The molecule has 0 aliphatic carbocycles. The normalized spacial score (nSPS) is 19.3. The monoisotopic (exact) mass is 305 g/mol. The van der Waals surface area contributed by atoms with E-state index >= 15 is 0 Å². The van der Waals surface area contributed by atoms with Crippen LogP contribution < -0.4 is 0 Å². The minimum absolute atomic E-state index is 0.584. The molecule has 2 aliphatic rings. The van der Waals surface area contributed by atoms with Gasteiger partial charge in [-0.1, -0.05) is 30.2 Å². The van der Waals surface area contributed by atoms with E-state index < -0.39 is 0 Å². The van der Waals surface area contributed by atoms with Crippen LogP contribution >= 0.6 is 11.6 Å². The van der Waals surface area contributed by atoms with Crippen molar-refractivity contribution in [3.8, 4) is 0 Å². The molecule has 5 heteroatoms. The fourth-order valence-electron chi connectivity index (χ4n) is 2.73. The maximum absolute atomic E-state index is 5.92. The molecule has 0 bridgehead atoms. The first-order valence-electron chi connectivity index (χ1n) is 7.55. The average Bonchev–Trinajstić information content (AvgIpc) is 2.98. The summed E-state index contributed by atoms with van der Waals surface area (Å²) in [5, 5.41) is 8.95. The Morgan fingerprint density at radius 1 is 1.10 bits per heavy atom. The SMILES string of the molecule is Clc1ccc(C2=C(OCCN3CCCCC3)N=NC2)cc1. The number of halogens is 1. The maximum atomic E-state index is 5.92. The zero-order chi connectivity index (χ0) is 14.5. The van der Waals surface area contributed by atoms with Gasteiger partial charge in [0.05, 0.1) is 6.54 Å². The molecule has 2 aliphatic heterocycles. The van der Waals surface area contributed by atoms with Crippen LogP contribution in [0.15, 0.2) is 40.4 Å². The summed E-state index contributed by atoms with van der Waals surface area (Å²) in [5.41, 5.74) is 2.13. The summed E-state index contributed by atoms with van der Waals surface area (Å²) < 4.78 is 5.85. The third-order valence-electron chi connectivity index (χ3n) is 3.94. The summed E-state index contributed by atoms with van der Waals surface area (Å²) in [6.07, 6.45) is 3.97. The molecule has 0 N–H and O–H groups in total. The lowest BCUT2D eigenvalue weighted by atomic mass is 10.1. The van der Waals surface area contributed by atoms with Gasteiger partial charge >= 0.3 is 0 Å². The van der Waals surface area contributed by atoms with Crippen molar-refractivity contribution in [2.24, 2.45) is 10.2 Å². The Hall–Kier alpha value is -1.39. The molecule has 1 aromatic carbocycles. The van der Waals surface area contributed by atoms with Crippen LogP contribution in [0.4, 0.5) is 0 Å². The molecule has 1 fully saturated rings. The number of hydrogen-bond donors (Lipinski definition) is 0. The van der Waals surface area contributed by atoms with Gasteiger partial charge in [-0.25, -0.2) is 0 Å². The molecule has 0 aromatic heterocycles. The number of ether oxygens (including phenoxy) is 1. The zero-order valence-electron chi connectivity index (χ0n) is 12.1. The van der Waals surface area contributed by atoms with Gasteiger partial charge in [-0.15, -0.1) is 5.11 Å². The minimum Gasteiger partial charge on any atom is -0.475 e. The van der Waals surface area contributed by atoms with E-state index in [0.717, 1.165) is 22.7 Å². The van der Waals surface area contributed by atoms with Crippen LogP contribution in [0.25, 0.3) is 5.57 Å². The standard InChI is InChI=1S/C16H20ClN3O/c17-14-6-4-13(5-7-14)15-12-18-19-16(15)21-11-10-20-8-2-1-3-9-20/h4-7H,1-3,8-12H2. The van der Waals surface area contributed by atoms with Crippen molar-refractivity contribution < 1.29 is 4.74 Å². The van der Waals surface area contributed by atoms with Crippen LogP contribution in [-0.4, -0.2) is 37.7 Å². The Morgan fingerprint density at radius 2 is 1.86 bits per heavy atom. The van der Waals surface area contributed by atoms with Gasteiger partial charge in [0.25, 0.3) is 0 Å². The predicted molar refractivity (Wildman–Crippen MR) is 84.3 cm³/mol. The smallest absolute Gasteiger partial charge is 0.238 e. The van der Waals surface area contributed by atoms with E-state index in [1.807, 2.05) is 24.3 Å². The summed E-state index contributed by atoms with van der Waals surface area (Å²) >= 11 is 5.92. The first-order chi connectivity index (χ1) is 10.3. The molecule has 0 saturated carbocycles. The predicted octanol–water partition coefficient (Wildman–Crippen LogP) is 3.98. The van der Waals surface area contributed by atoms with Crippen molar-refractivity contribution in [1.82, 2.24) is 4.90 Å². The van der Waals surface area contributed by atoms with Crippen LogP contribution in [0, 0.1) is 0 Å². The zero-order valence-corrected chi connectivity index (χ0v) is 12.9. The van der Waals surface area contributed by atoms with Crippen LogP contribution in [0.5, 0.6) is 0 Å². The first-order valence-corrected chi connectivity index (χ1v) is 7.92. The molecule has 0 spiro atoms. The molecule has 0 radical (unpaired) electrons. The number of azo groups is 1. The fraction of sp³-hybridized carbons (Fsp3) is 0.500. The van der Waals surface area contributed by atoms with Gasteiger partial charge in [-0.2, -0.15) is 5.11 Å². The second-order valence-electron chi connectivity index (χ2n) is 5.44. The van der Waals surface area contributed by atoms with Crippen molar-refractivity contribution >= 4 is 17.2 Å². The summed E-state index contributed by atoms with van der Waals surface area (Å²) in [5.74, 6) is 0.661. The molecule has 1 aromatic rings. The molecule has 0 unspecified atom stereocenters. The van der Waals surface area contributed by atoms with Crippen LogP contribution in [0.3, 0.4) is 0 Å². The number of nitrogens with zero attached hydrogens (tertiary/aromatic N) is 3. The summed E-state index contributed by atoms with van der Waals surface area (Å²) in [7, 11) is 0. The highest BCUT2D eigenvalue weighted by Crippen LogP contribution is 2.27. The molecule has 21 heavy (non-hydrogen) atoms. The number of piperidine rings is 1. The van der Waals surface area contributed by atoms with Gasteiger partial charge in [0.2, 0.25) is 5.88 Å². The second kappa shape index (κ2) is 7.05. The van der Waals surface area contributed by atoms with Crippen molar-refractivity contribution in [1.29, 1.82) is 0 Å². The Labute approximate surface area is 130 Å². The Kier molecular flexibility index (Phi) is 4.88. The van der Waals surface area contributed by atoms with Crippen LogP contribution in [0.1, 0.15) is 24.8 Å². The third kappa shape index (κ3) is 3.83. The fourth-order valence-corrected chi connectivity index (χ4v) is 2.86. The Morgan fingerprint density at radius 3 is 2.62 bits per heavy atom. The molecule has 4 nitrogen and oxygen atoms in total. The molecule has 0 amide bonds. The highest BCUT2D eigenvalue weighted by atomic mass is 35.5. The van der Waals surface area contributed by atoms with Crippen molar-refractivity contribution in [3.05, 3.63) is 40.7 Å². The highest BCUT2D eigenvalue weighted by molar-refractivity contribution is 6.30. The first kappa shape index (κ1) is 14.5. The molecule has 112 valence electrons. The molecular formula is C16H20ClN3O. The quantitative estimate of drug-likeness (QED) is 0.825. The van der Waals surface area contributed by atoms with Crippen molar-refractivity contribution in [2.75, 3.05) is 32.8 Å². The Balaban J connectivity index is 1.58. The molecule has 3 rings (SSSR count). The number of likely N-dealkylation sites (tertiary alicyclic amines) is 1. The molecule has 2 heterocycles. The van der Waals surface area contributed by atoms with E-state index in [4.69, 9.17) is 16.3 Å². The van der Waals surface area contributed by atoms with Gasteiger partial charge in [-0.05, 0) is 43.6 Å². The third-order valence-corrected chi connectivity index (χ3v) is 4.19. The van der Waals surface area contributed by atoms with E-state index in [2.05, 4.69) is 15.1 Å². The van der Waals surface area contributed by atoms with Crippen molar-refractivity contribution in [2.45, 2.75) is 19.3 Å². The number of rotatable bonds is 5. The number of benzene rings is 1. The van der Waals surface area contributed by atoms with E-state index in [1.165, 1.54) is 32.4 Å². The van der Waals surface area contributed by atoms with Gasteiger partial charge in [0.1, 0.15) is 6.61 Å². The van der Waals surface area contributed by atoms with Crippen LogP contribution in [0.2, 0.25) is 5.02 Å². The van der Waals surface area contributed by atoms with Gasteiger partial charge in [0, 0.05) is 17.1 Å². The summed E-state index contributed by atoms with van der Waals surface area (Å²) in [6.45, 7) is 4.60. The average molecular weight is 306 g/mol. The highest BCUT2D eigenvalue weighted by Gasteiger charge is 2.16. The summed E-state index contributed by atoms with van der Waals surface area (Å²) in [6, 6.07) is 7.74. The van der Waals surface area contributed by atoms with E-state index in [0.29, 0.717) is 19.0 Å². The van der Waals surface area contributed by atoms with E-state index in [9.17, 15) is 0 Å². The molecule has 0 atom stereocenters. The van der Waals surface area contributed by atoms with Gasteiger partial charge in [-0.3, -0.25) is 4.90 Å². The van der Waals surface area contributed by atoms with E-state index in [-0.39, 0.29) is 0 Å². The summed E-state index contributed by atoms with van der Waals surface area (Å²) in [4.78, 5) is 2.46. The van der Waals surface area contributed by atoms with Crippen molar-refractivity contribution in [3.63, 3.8) is 0 Å².